The quantitative estimate of drug-likeness (QED) is 0.368. The lowest BCUT2D eigenvalue weighted by molar-refractivity contribution is 0.283. The van der Waals surface area contributed by atoms with Gasteiger partial charge in [0.25, 0.3) is 0 Å². The van der Waals surface area contributed by atoms with Gasteiger partial charge in [-0.2, -0.15) is 0 Å². The van der Waals surface area contributed by atoms with Crippen LogP contribution in [0, 0.1) is 11.8 Å². The summed E-state index contributed by atoms with van der Waals surface area (Å²) in [5.74, 6) is 3.54. The Morgan fingerprint density at radius 3 is 2.00 bits per heavy atom. The lowest BCUT2D eigenvalue weighted by Gasteiger charge is -2.29. The van der Waals surface area contributed by atoms with Crippen molar-refractivity contribution in [2.24, 2.45) is 11.8 Å². The third-order valence-corrected chi connectivity index (χ3v) is 6.49. The molecule has 1 saturated carbocycles. The molecule has 0 unspecified atom stereocenters. The van der Waals surface area contributed by atoms with Crippen molar-refractivity contribution >= 4 is 0 Å². The third-order valence-electron chi connectivity index (χ3n) is 6.49. The molecule has 1 aliphatic carbocycles. The molecule has 0 bridgehead atoms. The highest BCUT2D eigenvalue weighted by Crippen LogP contribution is 2.38. The minimum absolute atomic E-state index is 0.760. The molecule has 0 aromatic heterocycles. The lowest BCUT2D eigenvalue weighted by atomic mass is 9.76. The minimum Gasteiger partial charge on any atom is -0.494 e. The van der Waals surface area contributed by atoms with Gasteiger partial charge in [-0.25, -0.2) is 0 Å². The van der Waals surface area contributed by atoms with Crippen LogP contribution in [0.2, 0.25) is 0 Å². The molecule has 0 amide bonds. The number of rotatable bonds is 10. The first kappa shape index (κ1) is 21.9. The Labute approximate surface area is 178 Å². The smallest absolute Gasteiger partial charge is 0.119 e. The van der Waals surface area contributed by atoms with Crippen LogP contribution < -0.4 is 4.74 Å². The molecule has 2 aromatic rings. The van der Waals surface area contributed by atoms with Crippen molar-refractivity contribution in [1.82, 2.24) is 0 Å². The Bertz CT molecular complexity index is 690. The van der Waals surface area contributed by atoms with Crippen LogP contribution in [-0.2, 0) is 0 Å². The first-order chi connectivity index (χ1) is 14.2. The monoisotopic (exact) mass is 392 g/mol. The molecule has 0 aliphatic heterocycles. The summed E-state index contributed by atoms with van der Waals surface area (Å²) >= 11 is 0. The molecule has 3 rings (SSSR count). The van der Waals surface area contributed by atoms with E-state index in [4.69, 9.17) is 4.74 Å². The number of benzene rings is 2. The molecule has 29 heavy (non-hydrogen) atoms. The van der Waals surface area contributed by atoms with E-state index in [1.165, 1.54) is 68.1 Å². The second-order valence-electron chi connectivity index (χ2n) is 9.40. The van der Waals surface area contributed by atoms with Crippen LogP contribution in [0.15, 0.2) is 48.5 Å². The number of ether oxygens (including phenoxy) is 1. The molecule has 1 fully saturated rings. The Morgan fingerprint density at radius 1 is 0.793 bits per heavy atom. The Morgan fingerprint density at radius 2 is 1.41 bits per heavy atom. The first-order valence-corrected chi connectivity index (χ1v) is 12.0. The van der Waals surface area contributed by atoms with Crippen molar-refractivity contribution in [2.45, 2.75) is 84.5 Å². The molecule has 0 heterocycles. The zero-order valence-electron chi connectivity index (χ0n) is 18.8. The van der Waals surface area contributed by atoms with Gasteiger partial charge in [0.15, 0.2) is 0 Å². The summed E-state index contributed by atoms with van der Waals surface area (Å²) in [6.45, 7) is 7.78. The van der Waals surface area contributed by atoms with Gasteiger partial charge in [0, 0.05) is 0 Å². The van der Waals surface area contributed by atoms with E-state index in [-0.39, 0.29) is 0 Å². The fourth-order valence-corrected chi connectivity index (χ4v) is 4.81. The standard InChI is InChI=1S/C28H40O/c1-4-5-6-7-20-29-28-18-16-27(17-19-28)26-14-12-25(13-15-26)24-10-8-23(9-11-24)21-22(2)3/h12-19,22-24H,4-11,20-21H2,1-3H3. The highest BCUT2D eigenvalue weighted by atomic mass is 16.5. The number of unbranched alkanes of at least 4 members (excludes halogenated alkanes) is 3. The van der Waals surface area contributed by atoms with E-state index >= 15 is 0 Å². The Kier molecular flexibility index (Phi) is 8.65. The van der Waals surface area contributed by atoms with E-state index in [2.05, 4.69) is 69.3 Å². The van der Waals surface area contributed by atoms with Crippen LogP contribution in [0.25, 0.3) is 11.1 Å². The molecule has 0 spiro atoms. The van der Waals surface area contributed by atoms with Crippen LogP contribution in [0.5, 0.6) is 5.75 Å². The van der Waals surface area contributed by atoms with Gasteiger partial charge in [-0.1, -0.05) is 76.4 Å². The summed E-state index contributed by atoms with van der Waals surface area (Å²) in [6, 6.07) is 17.9. The molecule has 2 aromatic carbocycles. The Hall–Kier alpha value is -1.76. The normalized spacial score (nSPS) is 19.4. The lowest BCUT2D eigenvalue weighted by Crippen LogP contribution is -2.14. The maximum absolute atomic E-state index is 5.87. The molecule has 0 saturated heterocycles. The van der Waals surface area contributed by atoms with Gasteiger partial charge >= 0.3 is 0 Å². The fourth-order valence-electron chi connectivity index (χ4n) is 4.81. The summed E-state index contributed by atoms with van der Waals surface area (Å²) in [5, 5.41) is 0. The van der Waals surface area contributed by atoms with Crippen LogP contribution in [0.1, 0.15) is 90.0 Å². The number of hydrogen-bond donors (Lipinski definition) is 0. The van der Waals surface area contributed by atoms with E-state index in [1.54, 1.807) is 0 Å². The van der Waals surface area contributed by atoms with E-state index in [0.717, 1.165) is 36.5 Å². The molecule has 0 radical (unpaired) electrons. The molecule has 1 nitrogen and oxygen atoms in total. The van der Waals surface area contributed by atoms with E-state index in [9.17, 15) is 0 Å². The average Bonchev–Trinajstić information content (AvgIpc) is 2.74. The molecular formula is C28H40O. The zero-order chi connectivity index (χ0) is 20.5. The maximum atomic E-state index is 5.87. The van der Waals surface area contributed by atoms with Gasteiger partial charge in [-0.3, -0.25) is 0 Å². The zero-order valence-corrected chi connectivity index (χ0v) is 18.8. The topological polar surface area (TPSA) is 9.23 Å². The van der Waals surface area contributed by atoms with Gasteiger partial charge in [0.2, 0.25) is 0 Å². The predicted octanol–water partition coefficient (Wildman–Crippen LogP) is 8.63. The summed E-state index contributed by atoms with van der Waals surface area (Å²) in [5.41, 5.74) is 4.11. The highest BCUT2D eigenvalue weighted by molar-refractivity contribution is 5.64. The molecular weight excluding hydrogens is 352 g/mol. The Balaban J connectivity index is 1.50. The second-order valence-corrected chi connectivity index (χ2v) is 9.40. The molecule has 0 N–H and O–H groups in total. The first-order valence-electron chi connectivity index (χ1n) is 12.0. The van der Waals surface area contributed by atoms with Gasteiger partial charge in [-0.05, 0) is 85.1 Å². The SMILES string of the molecule is CCCCCCOc1ccc(-c2ccc(C3CCC(CC(C)C)CC3)cc2)cc1. The molecule has 0 atom stereocenters. The van der Waals surface area contributed by atoms with E-state index < -0.39 is 0 Å². The van der Waals surface area contributed by atoms with Gasteiger partial charge < -0.3 is 4.74 Å². The van der Waals surface area contributed by atoms with Crippen molar-refractivity contribution < 1.29 is 4.74 Å². The molecule has 158 valence electrons. The van der Waals surface area contributed by atoms with Gasteiger partial charge in [-0.15, -0.1) is 0 Å². The van der Waals surface area contributed by atoms with Crippen molar-refractivity contribution in [3.8, 4) is 16.9 Å². The third kappa shape index (κ3) is 6.91. The summed E-state index contributed by atoms with van der Waals surface area (Å²) in [4.78, 5) is 0. The predicted molar refractivity (Wildman–Crippen MR) is 126 cm³/mol. The summed E-state index contributed by atoms with van der Waals surface area (Å²) in [6.07, 6.45) is 11.9. The molecule has 1 heteroatoms. The summed E-state index contributed by atoms with van der Waals surface area (Å²) in [7, 11) is 0. The minimum atomic E-state index is 0.760. The van der Waals surface area contributed by atoms with Crippen molar-refractivity contribution in [3.63, 3.8) is 0 Å². The van der Waals surface area contributed by atoms with Gasteiger partial charge in [0.1, 0.15) is 5.75 Å². The van der Waals surface area contributed by atoms with Crippen LogP contribution in [0.4, 0.5) is 0 Å². The van der Waals surface area contributed by atoms with E-state index in [0.29, 0.717) is 0 Å². The van der Waals surface area contributed by atoms with Gasteiger partial charge in [0.05, 0.1) is 6.61 Å². The van der Waals surface area contributed by atoms with Crippen molar-refractivity contribution in [3.05, 3.63) is 54.1 Å². The summed E-state index contributed by atoms with van der Waals surface area (Å²) < 4.78 is 5.87. The molecule has 1 aliphatic rings. The fraction of sp³-hybridized carbons (Fsp3) is 0.571. The van der Waals surface area contributed by atoms with Crippen LogP contribution in [-0.4, -0.2) is 6.61 Å². The number of hydrogen-bond acceptors (Lipinski definition) is 1. The maximum Gasteiger partial charge on any atom is 0.119 e. The second kappa shape index (κ2) is 11.4. The highest BCUT2D eigenvalue weighted by Gasteiger charge is 2.22. The van der Waals surface area contributed by atoms with Crippen molar-refractivity contribution in [1.29, 1.82) is 0 Å². The van der Waals surface area contributed by atoms with Crippen molar-refractivity contribution in [2.75, 3.05) is 6.61 Å². The van der Waals surface area contributed by atoms with E-state index in [1.807, 2.05) is 0 Å². The van der Waals surface area contributed by atoms with Crippen LogP contribution in [0.3, 0.4) is 0 Å². The van der Waals surface area contributed by atoms with Crippen LogP contribution >= 0.6 is 0 Å². The largest absolute Gasteiger partial charge is 0.494 e. The average molecular weight is 393 g/mol.